The number of anilines is 2. The number of nitrogens with zero attached hydrogens (tertiary/aromatic N) is 1. The third-order valence-electron chi connectivity index (χ3n) is 2.28. The number of rotatable bonds is 5. The number of methoxy groups -OCH3 is 1. The molecule has 0 unspecified atom stereocenters. The summed E-state index contributed by atoms with van der Waals surface area (Å²) >= 11 is 1.83. The van der Waals surface area contributed by atoms with E-state index >= 15 is 0 Å². The van der Waals surface area contributed by atoms with E-state index in [1.165, 1.54) is 0 Å². The maximum atomic E-state index is 5.91. The molecular weight excluding hydrogens is 208 g/mol. The molecule has 0 bridgehead atoms. The van der Waals surface area contributed by atoms with E-state index in [0.717, 1.165) is 29.4 Å². The van der Waals surface area contributed by atoms with Gasteiger partial charge in [0, 0.05) is 25.4 Å². The lowest BCUT2D eigenvalue weighted by atomic mass is 10.2. The number of benzene rings is 1. The van der Waals surface area contributed by atoms with Crippen LogP contribution in [0.15, 0.2) is 18.2 Å². The predicted molar refractivity (Wildman–Crippen MR) is 69.1 cm³/mol. The normalized spacial score (nSPS) is 10.1. The van der Waals surface area contributed by atoms with Crippen molar-refractivity contribution < 1.29 is 4.74 Å². The molecule has 0 amide bonds. The lowest BCUT2D eigenvalue weighted by molar-refractivity contribution is 0.415. The van der Waals surface area contributed by atoms with Crippen LogP contribution in [-0.4, -0.2) is 32.7 Å². The number of ether oxygens (including phenoxy) is 1. The molecule has 1 aromatic carbocycles. The molecule has 84 valence electrons. The topological polar surface area (TPSA) is 38.5 Å². The van der Waals surface area contributed by atoms with Gasteiger partial charge in [-0.1, -0.05) is 0 Å². The van der Waals surface area contributed by atoms with Gasteiger partial charge in [0.1, 0.15) is 5.75 Å². The first-order chi connectivity index (χ1) is 7.19. The highest BCUT2D eigenvalue weighted by Gasteiger charge is 2.06. The first-order valence-electron chi connectivity index (χ1n) is 4.82. The van der Waals surface area contributed by atoms with Gasteiger partial charge in [0.25, 0.3) is 0 Å². The summed E-state index contributed by atoms with van der Waals surface area (Å²) in [6.45, 7) is 0.985. The van der Waals surface area contributed by atoms with Crippen LogP contribution in [0.4, 0.5) is 11.4 Å². The zero-order chi connectivity index (χ0) is 11.3. The SMILES string of the molecule is COc1ccc(N)c(N(C)CCSC)c1. The number of hydrogen-bond donors (Lipinski definition) is 1. The molecule has 0 radical (unpaired) electrons. The molecule has 0 saturated heterocycles. The van der Waals surface area contributed by atoms with Gasteiger partial charge in [-0.25, -0.2) is 0 Å². The van der Waals surface area contributed by atoms with Gasteiger partial charge >= 0.3 is 0 Å². The summed E-state index contributed by atoms with van der Waals surface area (Å²) in [6, 6.07) is 5.72. The highest BCUT2D eigenvalue weighted by atomic mass is 32.2. The molecule has 0 saturated carbocycles. The molecule has 0 aliphatic carbocycles. The van der Waals surface area contributed by atoms with Crippen molar-refractivity contribution >= 4 is 23.1 Å². The Bertz CT molecular complexity index is 317. The van der Waals surface area contributed by atoms with Crippen LogP contribution in [-0.2, 0) is 0 Å². The van der Waals surface area contributed by atoms with E-state index in [1.54, 1.807) is 7.11 Å². The van der Waals surface area contributed by atoms with Crippen molar-refractivity contribution in [2.24, 2.45) is 0 Å². The Hall–Kier alpha value is -1.03. The highest BCUT2D eigenvalue weighted by molar-refractivity contribution is 7.98. The van der Waals surface area contributed by atoms with Crippen molar-refractivity contribution in [2.75, 3.05) is 43.3 Å². The molecule has 0 spiro atoms. The van der Waals surface area contributed by atoms with Crippen molar-refractivity contribution in [3.63, 3.8) is 0 Å². The summed E-state index contributed by atoms with van der Waals surface area (Å²) in [5.41, 5.74) is 7.73. The Morgan fingerprint density at radius 3 is 2.80 bits per heavy atom. The minimum atomic E-state index is 0.791. The smallest absolute Gasteiger partial charge is 0.121 e. The van der Waals surface area contributed by atoms with E-state index in [9.17, 15) is 0 Å². The monoisotopic (exact) mass is 226 g/mol. The molecule has 1 rings (SSSR count). The second kappa shape index (κ2) is 5.75. The molecular formula is C11H18N2OS. The average Bonchev–Trinajstić information content (AvgIpc) is 2.26. The molecule has 2 N–H and O–H groups in total. The van der Waals surface area contributed by atoms with Gasteiger partial charge in [0.2, 0.25) is 0 Å². The van der Waals surface area contributed by atoms with Gasteiger partial charge < -0.3 is 15.4 Å². The molecule has 0 heterocycles. The second-order valence-electron chi connectivity index (χ2n) is 3.34. The van der Waals surface area contributed by atoms with Gasteiger partial charge in [-0.15, -0.1) is 0 Å². The molecule has 0 fully saturated rings. The Balaban J connectivity index is 2.81. The Morgan fingerprint density at radius 1 is 1.47 bits per heavy atom. The molecule has 0 aromatic heterocycles. The molecule has 4 heteroatoms. The summed E-state index contributed by atoms with van der Waals surface area (Å²) in [5.74, 6) is 1.93. The maximum absolute atomic E-state index is 5.91. The average molecular weight is 226 g/mol. The van der Waals surface area contributed by atoms with E-state index in [1.807, 2.05) is 37.0 Å². The molecule has 0 aliphatic heterocycles. The van der Waals surface area contributed by atoms with Gasteiger partial charge in [-0.05, 0) is 18.4 Å². The van der Waals surface area contributed by atoms with E-state index in [4.69, 9.17) is 10.5 Å². The van der Waals surface area contributed by atoms with Crippen LogP contribution in [0, 0.1) is 0 Å². The minimum Gasteiger partial charge on any atom is -0.497 e. The van der Waals surface area contributed by atoms with Crippen LogP contribution in [0.25, 0.3) is 0 Å². The van der Waals surface area contributed by atoms with Crippen LogP contribution in [0.2, 0.25) is 0 Å². The van der Waals surface area contributed by atoms with Crippen LogP contribution < -0.4 is 15.4 Å². The van der Waals surface area contributed by atoms with E-state index < -0.39 is 0 Å². The third-order valence-corrected chi connectivity index (χ3v) is 2.87. The van der Waals surface area contributed by atoms with Crippen molar-refractivity contribution in [3.8, 4) is 5.75 Å². The fraction of sp³-hybridized carbons (Fsp3) is 0.455. The number of nitrogen functional groups attached to an aromatic ring is 1. The summed E-state index contributed by atoms with van der Waals surface area (Å²) in [4.78, 5) is 2.15. The summed E-state index contributed by atoms with van der Waals surface area (Å²) in [5, 5.41) is 0. The molecule has 0 atom stereocenters. The number of thioether (sulfide) groups is 1. The molecule has 3 nitrogen and oxygen atoms in total. The van der Waals surface area contributed by atoms with Crippen LogP contribution in [0.1, 0.15) is 0 Å². The van der Waals surface area contributed by atoms with Gasteiger partial charge in [0.05, 0.1) is 18.5 Å². The van der Waals surface area contributed by atoms with Gasteiger partial charge in [0.15, 0.2) is 0 Å². The summed E-state index contributed by atoms with van der Waals surface area (Å²) < 4.78 is 5.18. The summed E-state index contributed by atoms with van der Waals surface area (Å²) in [7, 11) is 3.71. The molecule has 1 aromatic rings. The largest absolute Gasteiger partial charge is 0.497 e. The zero-order valence-electron chi connectivity index (χ0n) is 9.49. The van der Waals surface area contributed by atoms with Crippen LogP contribution in [0.3, 0.4) is 0 Å². The molecule has 0 aliphatic rings. The van der Waals surface area contributed by atoms with E-state index in [0.29, 0.717) is 0 Å². The van der Waals surface area contributed by atoms with Gasteiger partial charge in [-0.2, -0.15) is 11.8 Å². The van der Waals surface area contributed by atoms with E-state index in [-0.39, 0.29) is 0 Å². The predicted octanol–water partition coefficient (Wildman–Crippen LogP) is 2.08. The fourth-order valence-electron chi connectivity index (χ4n) is 1.33. The lowest BCUT2D eigenvalue weighted by Crippen LogP contribution is -2.21. The van der Waals surface area contributed by atoms with E-state index in [2.05, 4.69) is 11.2 Å². The quantitative estimate of drug-likeness (QED) is 0.780. The standard InChI is InChI=1S/C11H18N2OS/c1-13(6-7-15-3)11-8-9(14-2)4-5-10(11)12/h4-5,8H,6-7,12H2,1-3H3. The summed E-state index contributed by atoms with van der Waals surface area (Å²) in [6.07, 6.45) is 2.10. The second-order valence-corrected chi connectivity index (χ2v) is 4.32. The first-order valence-corrected chi connectivity index (χ1v) is 6.22. The third kappa shape index (κ3) is 3.23. The highest BCUT2D eigenvalue weighted by Crippen LogP contribution is 2.27. The minimum absolute atomic E-state index is 0.791. The van der Waals surface area contributed by atoms with Gasteiger partial charge in [-0.3, -0.25) is 0 Å². The Morgan fingerprint density at radius 2 is 2.20 bits per heavy atom. The first kappa shape index (κ1) is 12.0. The Labute approximate surface area is 95.6 Å². The maximum Gasteiger partial charge on any atom is 0.121 e. The zero-order valence-corrected chi connectivity index (χ0v) is 10.3. The number of hydrogen-bond acceptors (Lipinski definition) is 4. The lowest BCUT2D eigenvalue weighted by Gasteiger charge is -2.21. The van der Waals surface area contributed by atoms with Crippen molar-refractivity contribution in [3.05, 3.63) is 18.2 Å². The molecule has 15 heavy (non-hydrogen) atoms. The van der Waals surface area contributed by atoms with Crippen molar-refractivity contribution in [1.82, 2.24) is 0 Å². The number of nitrogens with two attached hydrogens (primary N) is 1. The van der Waals surface area contributed by atoms with Crippen molar-refractivity contribution in [2.45, 2.75) is 0 Å². The fourth-order valence-corrected chi connectivity index (χ4v) is 1.79. The Kier molecular flexibility index (Phi) is 4.62. The van der Waals surface area contributed by atoms with Crippen LogP contribution in [0.5, 0.6) is 5.75 Å². The van der Waals surface area contributed by atoms with Crippen LogP contribution >= 0.6 is 11.8 Å². The van der Waals surface area contributed by atoms with Crippen molar-refractivity contribution in [1.29, 1.82) is 0 Å².